The molecule has 20 heavy (non-hydrogen) atoms. The number of anilines is 1. The molecule has 6 nitrogen and oxygen atoms in total. The van der Waals surface area contributed by atoms with E-state index in [0.717, 1.165) is 11.1 Å². The number of H-pyrrole nitrogens is 2. The minimum Gasteiger partial charge on any atom is -0.508 e. The van der Waals surface area contributed by atoms with Gasteiger partial charge in [0.25, 0.3) is 5.56 Å². The van der Waals surface area contributed by atoms with Gasteiger partial charge in [-0.05, 0) is 30.0 Å². The van der Waals surface area contributed by atoms with Crippen LogP contribution in [-0.4, -0.2) is 20.1 Å². The Labute approximate surface area is 114 Å². The lowest BCUT2D eigenvalue weighted by atomic mass is 10.1. The van der Waals surface area contributed by atoms with Gasteiger partial charge in [0.1, 0.15) is 16.8 Å². The van der Waals surface area contributed by atoms with Crippen molar-refractivity contribution >= 4 is 17.0 Å². The van der Waals surface area contributed by atoms with Gasteiger partial charge in [0.2, 0.25) is 5.95 Å². The van der Waals surface area contributed by atoms with Crippen LogP contribution in [-0.2, 0) is 12.8 Å². The van der Waals surface area contributed by atoms with Crippen LogP contribution in [0.15, 0.2) is 35.3 Å². The summed E-state index contributed by atoms with van der Waals surface area (Å²) < 4.78 is 0. The smallest absolute Gasteiger partial charge is 0.276 e. The van der Waals surface area contributed by atoms with Gasteiger partial charge in [-0.1, -0.05) is 18.2 Å². The maximum absolute atomic E-state index is 11.7. The average molecular weight is 270 g/mol. The molecule has 0 radical (unpaired) electrons. The molecule has 0 saturated carbocycles. The van der Waals surface area contributed by atoms with Crippen LogP contribution >= 0.6 is 0 Å². The van der Waals surface area contributed by atoms with E-state index in [2.05, 4.69) is 15.0 Å². The van der Waals surface area contributed by atoms with Crippen molar-refractivity contribution in [3.8, 4) is 5.75 Å². The van der Waals surface area contributed by atoms with Crippen LogP contribution in [0.5, 0.6) is 5.75 Å². The largest absolute Gasteiger partial charge is 0.508 e. The van der Waals surface area contributed by atoms with Crippen LogP contribution in [0.3, 0.4) is 0 Å². The van der Waals surface area contributed by atoms with Crippen molar-refractivity contribution in [3.05, 3.63) is 51.9 Å². The quantitative estimate of drug-likeness (QED) is 0.575. The van der Waals surface area contributed by atoms with E-state index in [1.54, 1.807) is 18.3 Å². The summed E-state index contributed by atoms with van der Waals surface area (Å²) in [7, 11) is 0. The predicted molar refractivity (Wildman–Crippen MR) is 76.6 cm³/mol. The molecule has 0 unspecified atom stereocenters. The zero-order chi connectivity index (χ0) is 14.1. The molecule has 0 fully saturated rings. The van der Waals surface area contributed by atoms with Crippen molar-refractivity contribution in [2.45, 2.75) is 12.8 Å². The summed E-state index contributed by atoms with van der Waals surface area (Å²) in [5, 5.41) is 9.74. The monoisotopic (exact) mass is 270 g/mol. The van der Waals surface area contributed by atoms with Crippen molar-refractivity contribution in [2.24, 2.45) is 0 Å². The molecule has 2 aromatic heterocycles. The fourth-order valence-electron chi connectivity index (χ4n) is 2.27. The molecule has 0 bridgehead atoms. The number of nitrogens with two attached hydrogens (primary N) is 1. The highest BCUT2D eigenvalue weighted by Crippen LogP contribution is 2.20. The zero-order valence-electron chi connectivity index (χ0n) is 10.7. The number of hydrogen-bond acceptors (Lipinski definition) is 4. The number of rotatable bonds is 3. The highest BCUT2D eigenvalue weighted by atomic mass is 16.3. The molecule has 0 aliphatic heterocycles. The number of nitrogens with one attached hydrogen (secondary N) is 2. The third-order valence-electron chi connectivity index (χ3n) is 3.29. The first kappa shape index (κ1) is 12.3. The fourth-order valence-corrected chi connectivity index (χ4v) is 2.27. The van der Waals surface area contributed by atoms with E-state index >= 15 is 0 Å². The van der Waals surface area contributed by atoms with E-state index in [-0.39, 0.29) is 17.3 Å². The maximum atomic E-state index is 11.7. The standard InChI is InChI=1S/C14H14N4O2/c15-14-17-11-9(7-16-12(11)13(20)18-14)6-5-8-3-1-2-4-10(8)19/h1-4,7,16,19H,5-6H2,(H3,15,17,18,20). The third-order valence-corrected chi connectivity index (χ3v) is 3.29. The summed E-state index contributed by atoms with van der Waals surface area (Å²) >= 11 is 0. The first-order valence-electron chi connectivity index (χ1n) is 6.28. The lowest BCUT2D eigenvalue weighted by Crippen LogP contribution is -2.11. The molecule has 3 rings (SSSR count). The third kappa shape index (κ3) is 2.11. The topological polar surface area (TPSA) is 108 Å². The van der Waals surface area contributed by atoms with Crippen molar-refractivity contribution in [1.29, 1.82) is 0 Å². The van der Waals surface area contributed by atoms with Crippen molar-refractivity contribution in [1.82, 2.24) is 15.0 Å². The summed E-state index contributed by atoms with van der Waals surface area (Å²) in [5.74, 6) is 0.378. The summed E-state index contributed by atoms with van der Waals surface area (Å²) in [6.45, 7) is 0. The van der Waals surface area contributed by atoms with Gasteiger partial charge < -0.3 is 15.8 Å². The van der Waals surface area contributed by atoms with Crippen LogP contribution in [0.25, 0.3) is 11.0 Å². The maximum Gasteiger partial charge on any atom is 0.276 e. The second-order valence-corrected chi connectivity index (χ2v) is 4.62. The van der Waals surface area contributed by atoms with E-state index in [9.17, 15) is 9.90 Å². The number of hydrogen-bond donors (Lipinski definition) is 4. The molecule has 0 aliphatic rings. The van der Waals surface area contributed by atoms with Gasteiger partial charge in [0, 0.05) is 6.20 Å². The van der Waals surface area contributed by atoms with Gasteiger partial charge >= 0.3 is 0 Å². The van der Waals surface area contributed by atoms with Gasteiger partial charge in [-0.15, -0.1) is 0 Å². The van der Waals surface area contributed by atoms with Crippen LogP contribution in [0, 0.1) is 0 Å². The molecule has 0 atom stereocenters. The lowest BCUT2D eigenvalue weighted by Gasteiger charge is -2.03. The van der Waals surface area contributed by atoms with Crippen LogP contribution in [0.4, 0.5) is 5.95 Å². The van der Waals surface area contributed by atoms with Gasteiger partial charge in [0.15, 0.2) is 0 Å². The number of nitrogen functional groups attached to an aromatic ring is 1. The highest BCUT2D eigenvalue weighted by molar-refractivity contribution is 5.78. The first-order valence-corrected chi connectivity index (χ1v) is 6.28. The first-order chi connectivity index (χ1) is 9.65. The van der Waals surface area contributed by atoms with Gasteiger partial charge in [0.05, 0.1) is 0 Å². The SMILES string of the molecule is Nc1nc2c(CCc3ccccc3O)c[nH]c2c(=O)[nH]1. The molecule has 6 heteroatoms. The number of aromatic amines is 2. The lowest BCUT2D eigenvalue weighted by molar-refractivity contribution is 0.468. The average Bonchev–Trinajstić information content (AvgIpc) is 2.81. The fraction of sp³-hybridized carbons (Fsp3) is 0.143. The second-order valence-electron chi connectivity index (χ2n) is 4.62. The number of phenols is 1. The predicted octanol–water partition coefficient (Wildman–Crippen LogP) is 1.32. The minimum absolute atomic E-state index is 0.103. The Morgan fingerprint density at radius 3 is 2.75 bits per heavy atom. The zero-order valence-corrected chi connectivity index (χ0v) is 10.7. The summed E-state index contributed by atoms with van der Waals surface area (Å²) in [6, 6.07) is 7.20. The molecular weight excluding hydrogens is 256 g/mol. The molecule has 0 saturated heterocycles. The summed E-state index contributed by atoms with van der Waals surface area (Å²) in [4.78, 5) is 21.2. The molecule has 2 heterocycles. The van der Waals surface area contributed by atoms with E-state index in [4.69, 9.17) is 5.73 Å². The Balaban J connectivity index is 1.92. The number of para-hydroxylation sites is 1. The number of benzene rings is 1. The van der Waals surface area contributed by atoms with Gasteiger partial charge in [-0.2, -0.15) is 0 Å². The minimum atomic E-state index is -0.277. The van der Waals surface area contributed by atoms with Crippen molar-refractivity contribution < 1.29 is 5.11 Å². The van der Waals surface area contributed by atoms with Crippen LogP contribution in [0.1, 0.15) is 11.1 Å². The second kappa shape index (κ2) is 4.73. The number of nitrogens with zero attached hydrogens (tertiary/aromatic N) is 1. The number of aryl methyl sites for hydroxylation is 2. The number of phenolic OH excluding ortho intramolecular Hbond substituents is 1. The molecule has 3 aromatic rings. The Bertz CT molecular complexity index is 819. The van der Waals surface area contributed by atoms with E-state index in [1.807, 2.05) is 12.1 Å². The highest BCUT2D eigenvalue weighted by Gasteiger charge is 2.10. The Morgan fingerprint density at radius 1 is 1.20 bits per heavy atom. The molecule has 0 aliphatic carbocycles. The van der Waals surface area contributed by atoms with Gasteiger partial charge in [-0.3, -0.25) is 9.78 Å². The Kier molecular flexibility index (Phi) is 2.90. The normalized spacial score (nSPS) is 11.0. The van der Waals surface area contributed by atoms with Crippen molar-refractivity contribution in [3.63, 3.8) is 0 Å². The van der Waals surface area contributed by atoms with Crippen molar-refractivity contribution in [2.75, 3.05) is 5.73 Å². The molecule has 5 N–H and O–H groups in total. The van der Waals surface area contributed by atoms with E-state index in [1.165, 1.54) is 0 Å². The summed E-state index contributed by atoms with van der Waals surface area (Å²) in [6.07, 6.45) is 3.08. The molecule has 1 aromatic carbocycles. The van der Waals surface area contributed by atoms with Crippen LogP contribution in [0.2, 0.25) is 0 Å². The van der Waals surface area contributed by atoms with E-state index < -0.39 is 0 Å². The number of aromatic nitrogens is 3. The van der Waals surface area contributed by atoms with E-state index in [0.29, 0.717) is 23.9 Å². The number of aromatic hydroxyl groups is 1. The molecule has 0 spiro atoms. The number of fused-ring (bicyclic) bond motifs is 1. The summed E-state index contributed by atoms with van der Waals surface area (Å²) in [5.41, 5.74) is 8.06. The molecular formula is C14H14N4O2. The Hall–Kier alpha value is -2.76. The Morgan fingerprint density at radius 2 is 1.95 bits per heavy atom. The molecule has 0 amide bonds. The van der Waals surface area contributed by atoms with Gasteiger partial charge in [-0.25, -0.2) is 4.98 Å². The molecule has 102 valence electrons. The van der Waals surface area contributed by atoms with Crippen LogP contribution < -0.4 is 11.3 Å².